The van der Waals surface area contributed by atoms with Crippen LogP contribution in [0.25, 0.3) is 11.0 Å². The Bertz CT molecular complexity index is 574. The molecule has 102 valence electrons. The summed E-state index contributed by atoms with van der Waals surface area (Å²) in [6, 6.07) is 7.23. The normalized spacial score (nSPS) is 12.7. The van der Waals surface area contributed by atoms with Crippen LogP contribution in [0.4, 0.5) is 0 Å². The molecule has 1 atom stereocenters. The van der Waals surface area contributed by atoms with Crippen LogP contribution in [0, 0.1) is 5.92 Å². The fourth-order valence-corrected chi connectivity index (χ4v) is 2.03. The first kappa shape index (κ1) is 13.6. The van der Waals surface area contributed by atoms with Gasteiger partial charge in [-0.2, -0.15) is 0 Å². The molecule has 0 aliphatic heterocycles. The van der Waals surface area contributed by atoms with Gasteiger partial charge in [0.15, 0.2) is 0 Å². The molecule has 0 aliphatic carbocycles. The summed E-state index contributed by atoms with van der Waals surface area (Å²) in [5, 5.41) is 13.2. The molecule has 2 rings (SSSR count). The minimum absolute atomic E-state index is 0.271. The van der Waals surface area contributed by atoms with E-state index in [1.807, 2.05) is 12.1 Å². The van der Waals surface area contributed by atoms with Crippen LogP contribution in [0.15, 0.2) is 28.7 Å². The lowest BCUT2D eigenvalue weighted by atomic mass is 10.1. The van der Waals surface area contributed by atoms with Gasteiger partial charge in [-0.15, -0.1) is 0 Å². The predicted molar refractivity (Wildman–Crippen MR) is 74.3 cm³/mol. The summed E-state index contributed by atoms with van der Waals surface area (Å²) in [4.78, 5) is 11.4. The van der Waals surface area contributed by atoms with Crippen molar-refractivity contribution in [3.05, 3.63) is 35.6 Å². The van der Waals surface area contributed by atoms with Gasteiger partial charge in [-0.25, -0.2) is 4.79 Å². The van der Waals surface area contributed by atoms with E-state index in [1.165, 1.54) is 0 Å². The highest BCUT2D eigenvalue weighted by atomic mass is 16.4. The van der Waals surface area contributed by atoms with Gasteiger partial charge < -0.3 is 14.8 Å². The molecule has 0 amide bonds. The van der Waals surface area contributed by atoms with E-state index in [-0.39, 0.29) is 5.56 Å². The number of fused-ring (bicyclic) bond motifs is 1. The highest BCUT2D eigenvalue weighted by Crippen LogP contribution is 2.25. The van der Waals surface area contributed by atoms with Crippen molar-refractivity contribution >= 4 is 16.9 Å². The molecule has 1 unspecified atom stereocenters. The van der Waals surface area contributed by atoms with Crippen LogP contribution >= 0.6 is 0 Å². The molecule has 4 nitrogen and oxygen atoms in total. The van der Waals surface area contributed by atoms with Crippen molar-refractivity contribution < 1.29 is 14.3 Å². The first-order valence-electron chi connectivity index (χ1n) is 6.57. The summed E-state index contributed by atoms with van der Waals surface area (Å²) in [7, 11) is 0. The third-order valence-corrected chi connectivity index (χ3v) is 3.36. The van der Waals surface area contributed by atoms with Crippen molar-refractivity contribution in [2.24, 2.45) is 5.92 Å². The number of furan rings is 1. The Morgan fingerprint density at radius 2 is 2.16 bits per heavy atom. The first-order valence-corrected chi connectivity index (χ1v) is 6.57. The summed E-state index contributed by atoms with van der Waals surface area (Å²) in [5.74, 6) is 0.125. The van der Waals surface area contributed by atoms with Gasteiger partial charge >= 0.3 is 5.97 Å². The highest BCUT2D eigenvalue weighted by Gasteiger charge is 2.19. The summed E-state index contributed by atoms with van der Waals surface area (Å²) >= 11 is 0. The van der Waals surface area contributed by atoms with E-state index >= 15 is 0 Å². The van der Waals surface area contributed by atoms with E-state index < -0.39 is 5.97 Å². The standard InChI is InChI=1S/C15H19NO3/c1-3-10(2)8-16-9-13-14(15(17)18)11-6-4-5-7-12(11)19-13/h4-7,10,16H,3,8-9H2,1-2H3,(H,17,18). The maximum Gasteiger partial charge on any atom is 0.339 e. The number of carbonyl (C=O) groups is 1. The largest absolute Gasteiger partial charge is 0.478 e. The van der Waals surface area contributed by atoms with E-state index in [2.05, 4.69) is 19.2 Å². The van der Waals surface area contributed by atoms with Crippen LogP contribution in [0.2, 0.25) is 0 Å². The Labute approximate surface area is 112 Å². The van der Waals surface area contributed by atoms with Crippen LogP contribution in [0.5, 0.6) is 0 Å². The maximum atomic E-state index is 11.4. The molecule has 0 radical (unpaired) electrons. The number of para-hydroxylation sites is 1. The van der Waals surface area contributed by atoms with Crippen LogP contribution < -0.4 is 5.32 Å². The second-order valence-electron chi connectivity index (χ2n) is 4.85. The van der Waals surface area contributed by atoms with Crippen LogP contribution in [-0.2, 0) is 6.54 Å². The van der Waals surface area contributed by atoms with E-state index in [0.717, 1.165) is 13.0 Å². The zero-order chi connectivity index (χ0) is 13.8. The number of rotatable bonds is 6. The van der Waals surface area contributed by atoms with Gasteiger partial charge in [0.25, 0.3) is 0 Å². The molecule has 4 heteroatoms. The maximum absolute atomic E-state index is 11.4. The van der Waals surface area contributed by atoms with Crippen molar-refractivity contribution in [3.63, 3.8) is 0 Å². The molecule has 0 saturated heterocycles. The fraction of sp³-hybridized carbons (Fsp3) is 0.400. The number of hydrogen-bond donors (Lipinski definition) is 2. The van der Waals surface area contributed by atoms with Crippen molar-refractivity contribution in [2.45, 2.75) is 26.8 Å². The Kier molecular flexibility index (Phi) is 4.22. The summed E-state index contributed by atoms with van der Waals surface area (Å²) < 4.78 is 5.63. The number of carboxylic acids is 1. The quantitative estimate of drug-likeness (QED) is 0.837. The van der Waals surface area contributed by atoms with E-state index in [9.17, 15) is 9.90 Å². The molecular weight excluding hydrogens is 242 g/mol. The molecule has 2 aromatic rings. The van der Waals surface area contributed by atoms with Gasteiger partial charge in [-0.1, -0.05) is 38.5 Å². The second-order valence-corrected chi connectivity index (χ2v) is 4.85. The van der Waals surface area contributed by atoms with Crippen LogP contribution in [0.3, 0.4) is 0 Å². The molecule has 1 aromatic heterocycles. The van der Waals surface area contributed by atoms with Gasteiger partial charge in [0.1, 0.15) is 16.9 Å². The number of benzene rings is 1. The number of hydrogen-bond acceptors (Lipinski definition) is 3. The molecule has 0 saturated carbocycles. The van der Waals surface area contributed by atoms with Gasteiger partial charge in [-0.3, -0.25) is 0 Å². The summed E-state index contributed by atoms with van der Waals surface area (Å²) in [6.07, 6.45) is 1.10. The van der Waals surface area contributed by atoms with Crippen molar-refractivity contribution in [1.29, 1.82) is 0 Å². The smallest absolute Gasteiger partial charge is 0.339 e. The molecule has 1 aromatic carbocycles. The van der Waals surface area contributed by atoms with Gasteiger partial charge in [-0.05, 0) is 18.5 Å². The second kappa shape index (κ2) is 5.89. The van der Waals surface area contributed by atoms with Gasteiger partial charge in [0.2, 0.25) is 0 Å². The lowest BCUT2D eigenvalue weighted by Crippen LogP contribution is -2.21. The van der Waals surface area contributed by atoms with Crippen molar-refractivity contribution in [3.8, 4) is 0 Å². The molecular formula is C15H19NO3. The minimum atomic E-state index is -0.940. The first-order chi connectivity index (χ1) is 9.13. The molecule has 1 heterocycles. The number of carboxylic acid groups (broad SMARTS) is 1. The molecule has 19 heavy (non-hydrogen) atoms. The van der Waals surface area contributed by atoms with Gasteiger partial charge in [0, 0.05) is 5.39 Å². The fourth-order valence-electron chi connectivity index (χ4n) is 2.03. The minimum Gasteiger partial charge on any atom is -0.478 e. The number of nitrogens with one attached hydrogen (secondary N) is 1. The van der Waals surface area contributed by atoms with Crippen LogP contribution in [0.1, 0.15) is 36.4 Å². The lowest BCUT2D eigenvalue weighted by molar-refractivity contribution is 0.0696. The van der Waals surface area contributed by atoms with Crippen LogP contribution in [-0.4, -0.2) is 17.6 Å². The summed E-state index contributed by atoms with van der Waals surface area (Å²) in [6.45, 7) is 5.59. The van der Waals surface area contributed by atoms with E-state index in [1.54, 1.807) is 12.1 Å². The Hall–Kier alpha value is -1.81. The van der Waals surface area contributed by atoms with Crippen molar-refractivity contribution in [1.82, 2.24) is 5.32 Å². The van der Waals surface area contributed by atoms with Gasteiger partial charge in [0.05, 0.1) is 6.54 Å². The third-order valence-electron chi connectivity index (χ3n) is 3.36. The molecule has 0 bridgehead atoms. The average Bonchev–Trinajstić information content (AvgIpc) is 2.76. The average molecular weight is 261 g/mol. The van der Waals surface area contributed by atoms with Crippen molar-refractivity contribution in [2.75, 3.05) is 6.54 Å². The molecule has 2 N–H and O–H groups in total. The highest BCUT2D eigenvalue weighted by molar-refractivity contribution is 6.03. The Morgan fingerprint density at radius 3 is 2.84 bits per heavy atom. The lowest BCUT2D eigenvalue weighted by Gasteiger charge is -2.08. The predicted octanol–water partition coefficient (Wildman–Crippen LogP) is 3.27. The monoisotopic (exact) mass is 261 g/mol. The van der Waals surface area contributed by atoms with E-state index in [0.29, 0.717) is 29.2 Å². The van der Waals surface area contributed by atoms with E-state index in [4.69, 9.17) is 4.42 Å². The summed E-state index contributed by atoms with van der Waals surface area (Å²) in [5.41, 5.74) is 0.896. The number of aromatic carboxylic acids is 1. The zero-order valence-corrected chi connectivity index (χ0v) is 11.3. The Morgan fingerprint density at radius 1 is 1.42 bits per heavy atom. The molecule has 0 fully saturated rings. The third kappa shape index (κ3) is 2.96. The SMILES string of the molecule is CCC(C)CNCc1oc2ccccc2c1C(=O)O. The molecule has 0 spiro atoms. The topological polar surface area (TPSA) is 62.5 Å². The Balaban J connectivity index is 2.22. The zero-order valence-electron chi connectivity index (χ0n) is 11.3. The molecule has 0 aliphatic rings.